The Morgan fingerprint density at radius 2 is 1.39 bits per heavy atom. The molecule has 0 bridgehead atoms. The first-order chi connectivity index (χ1) is 18.4. The van der Waals surface area contributed by atoms with E-state index in [-0.39, 0.29) is 31.5 Å². The highest BCUT2D eigenvalue weighted by atomic mass is 16.7. The van der Waals surface area contributed by atoms with E-state index in [4.69, 9.17) is 23.7 Å². The van der Waals surface area contributed by atoms with E-state index in [1.165, 1.54) is 0 Å². The molecular weight excluding hydrogens is 490 g/mol. The van der Waals surface area contributed by atoms with Crippen molar-refractivity contribution >= 4 is 41.5 Å². The average Bonchev–Trinajstić information content (AvgIpc) is 3.20. The molecule has 0 spiro atoms. The minimum atomic E-state index is -1.00. The van der Waals surface area contributed by atoms with Gasteiger partial charge in [-0.1, -0.05) is 55.5 Å². The topological polar surface area (TPSA) is 102 Å². The maximum atomic E-state index is 13.0. The Hall–Kier alpha value is -4.53. The Bertz CT molecular complexity index is 1340. The minimum absolute atomic E-state index is 0.0701. The molecule has 1 aromatic heterocycles. The fourth-order valence-corrected chi connectivity index (χ4v) is 3.73. The van der Waals surface area contributed by atoms with Crippen molar-refractivity contribution in [3.8, 4) is 5.88 Å². The van der Waals surface area contributed by atoms with Crippen LogP contribution in [0, 0.1) is 0 Å². The van der Waals surface area contributed by atoms with Gasteiger partial charge in [-0.05, 0) is 56.5 Å². The molecule has 0 atom stereocenters. The lowest BCUT2D eigenvalue weighted by molar-refractivity contribution is 0.0834. The standard InChI is InChI=1S/C29H31NO8/c1-5-21(18-20-14-10-9-11-15-20)25(37-28(32)35-7-3)19-23-22-16-12-13-17-24(22)30(27(31)34-6-2)26(23)38-29(33)36-8-4/h9-19H,5-8H2,1-4H3/b21-18+,25-19-. The monoisotopic (exact) mass is 521 g/mol. The number of rotatable bonds is 9. The number of para-hydroxylation sites is 1. The molecule has 0 amide bonds. The SMILES string of the molecule is CCOC(=O)OC(=C\c1c(OC(=O)OCC)n(C(=O)OCC)c2ccccc12)/C(=C/c1ccccc1)CC. The van der Waals surface area contributed by atoms with E-state index in [2.05, 4.69) is 0 Å². The maximum Gasteiger partial charge on any atom is 0.515 e. The maximum absolute atomic E-state index is 13.0. The van der Waals surface area contributed by atoms with Gasteiger partial charge in [-0.15, -0.1) is 0 Å². The van der Waals surface area contributed by atoms with Gasteiger partial charge in [0.2, 0.25) is 5.88 Å². The van der Waals surface area contributed by atoms with Crippen LogP contribution in [-0.2, 0) is 18.9 Å². The Labute approximate surface area is 221 Å². The normalized spacial score (nSPS) is 11.7. The highest BCUT2D eigenvalue weighted by molar-refractivity contribution is 6.00. The van der Waals surface area contributed by atoms with Crippen molar-refractivity contribution in [1.82, 2.24) is 4.57 Å². The summed E-state index contributed by atoms with van der Waals surface area (Å²) in [6, 6.07) is 16.5. The number of fused-ring (bicyclic) bond motifs is 1. The van der Waals surface area contributed by atoms with Crippen LogP contribution in [0.2, 0.25) is 0 Å². The lowest BCUT2D eigenvalue weighted by atomic mass is 10.0. The van der Waals surface area contributed by atoms with E-state index in [9.17, 15) is 14.4 Å². The van der Waals surface area contributed by atoms with E-state index in [1.807, 2.05) is 43.3 Å². The third kappa shape index (κ3) is 6.82. The Kier molecular flexibility index (Phi) is 10.1. The second kappa shape index (κ2) is 13.7. The first kappa shape index (κ1) is 28.0. The highest BCUT2D eigenvalue weighted by Gasteiger charge is 2.26. The van der Waals surface area contributed by atoms with E-state index in [0.717, 1.165) is 10.1 Å². The molecule has 38 heavy (non-hydrogen) atoms. The largest absolute Gasteiger partial charge is 0.515 e. The summed E-state index contributed by atoms with van der Waals surface area (Å²) in [4.78, 5) is 37.8. The van der Waals surface area contributed by atoms with Crippen molar-refractivity contribution in [2.75, 3.05) is 19.8 Å². The first-order valence-corrected chi connectivity index (χ1v) is 12.4. The molecule has 3 rings (SSSR count). The number of hydrogen-bond donors (Lipinski definition) is 0. The van der Waals surface area contributed by atoms with Crippen LogP contribution in [-0.4, -0.2) is 42.8 Å². The van der Waals surface area contributed by atoms with Crippen molar-refractivity contribution in [1.29, 1.82) is 0 Å². The summed E-state index contributed by atoms with van der Waals surface area (Å²) in [5.74, 6) is 0.0264. The molecule has 9 nitrogen and oxygen atoms in total. The summed E-state index contributed by atoms with van der Waals surface area (Å²) < 4.78 is 27.5. The van der Waals surface area contributed by atoms with Crippen molar-refractivity contribution in [3.63, 3.8) is 0 Å². The second-order valence-corrected chi connectivity index (χ2v) is 7.78. The molecule has 0 aliphatic rings. The van der Waals surface area contributed by atoms with Crippen LogP contribution in [0.5, 0.6) is 5.88 Å². The van der Waals surface area contributed by atoms with Gasteiger partial charge in [0.1, 0.15) is 5.76 Å². The number of hydrogen-bond acceptors (Lipinski definition) is 8. The van der Waals surface area contributed by atoms with Crippen LogP contribution >= 0.6 is 0 Å². The predicted molar refractivity (Wildman–Crippen MR) is 143 cm³/mol. The molecule has 0 saturated heterocycles. The number of carbonyl (C=O) groups excluding carboxylic acids is 3. The van der Waals surface area contributed by atoms with Gasteiger partial charge < -0.3 is 23.7 Å². The summed E-state index contributed by atoms with van der Waals surface area (Å²) in [6.45, 7) is 7.18. The number of ether oxygens (including phenoxy) is 5. The van der Waals surface area contributed by atoms with Crippen LogP contribution in [0.25, 0.3) is 23.1 Å². The molecule has 0 saturated carbocycles. The minimum Gasteiger partial charge on any atom is -0.449 e. The van der Waals surface area contributed by atoms with Gasteiger partial charge in [0.25, 0.3) is 0 Å². The van der Waals surface area contributed by atoms with Gasteiger partial charge in [0.05, 0.1) is 25.3 Å². The van der Waals surface area contributed by atoms with Crippen molar-refractivity contribution in [2.24, 2.45) is 0 Å². The molecular formula is C29H31NO8. The number of carbonyl (C=O) groups is 3. The third-order valence-electron chi connectivity index (χ3n) is 5.33. The smallest absolute Gasteiger partial charge is 0.449 e. The van der Waals surface area contributed by atoms with Crippen molar-refractivity contribution in [2.45, 2.75) is 34.1 Å². The highest BCUT2D eigenvalue weighted by Crippen LogP contribution is 2.36. The van der Waals surface area contributed by atoms with Crippen LogP contribution in [0.3, 0.4) is 0 Å². The average molecular weight is 522 g/mol. The zero-order valence-corrected chi connectivity index (χ0v) is 21.9. The fourth-order valence-electron chi connectivity index (χ4n) is 3.73. The lowest BCUT2D eigenvalue weighted by Gasteiger charge is -2.13. The van der Waals surface area contributed by atoms with Crippen molar-refractivity contribution < 1.29 is 38.1 Å². The van der Waals surface area contributed by atoms with E-state index < -0.39 is 18.4 Å². The summed E-state index contributed by atoms with van der Waals surface area (Å²) in [5.41, 5.74) is 2.30. The molecule has 0 fully saturated rings. The molecule has 2 aromatic carbocycles. The zero-order chi connectivity index (χ0) is 27.5. The molecule has 3 aromatic rings. The Morgan fingerprint density at radius 1 is 0.763 bits per heavy atom. The molecule has 200 valence electrons. The number of nitrogens with zero attached hydrogens (tertiary/aromatic N) is 1. The lowest BCUT2D eigenvalue weighted by Crippen LogP contribution is -2.19. The number of benzene rings is 2. The second-order valence-electron chi connectivity index (χ2n) is 7.78. The van der Waals surface area contributed by atoms with E-state index in [0.29, 0.717) is 28.5 Å². The molecule has 0 aliphatic carbocycles. The Morgan fingerprint density at radius 3 is 2.05 bits per heavy atom. The van der Waals surface area contributed by atoms with E-state index in [1.54, 1.807) is 51.1 Å². The molecule has 1 heterocycles. The number of allylic oxidation sites excluding steroid dienone is 1. The van der Waals surface area contributed by atoms with Gasteiger partial charge in [-0.25, -0.2) is 19.0 Å². The predicted octanol–water partition coefficient (Wildman–Crippen LogP) is 7.19. The van der Waals surface area contributed by atoms with Gasteiger partial charge in [-0.2, -0.15) is 0 Å². The van der Waals surface area contributed by atoms with Gasteiger partial charge in [0, 0.05) is 10.9 Å². The number of aromatic nitrogens is 1. The van der Waals surface area contributed by atoms with Crippen LogP contribution in [0.15, 0.2) is 65.9 Å². The summed E-state index contributed by atoms with van der Waals surface area (Å²) in [5, 5.41) is 0.556. The third-order valence-corrected chi connectivity index (χ3v) is 5.33. The summed E-state index contributed by atoms with van der Waals surface area (Å²) in [6.07, 6.45) is 1.27. The molecule has 0 aliphatic heterocycles. The molecule has 0 N–H and O–H groups in total. The Balaban J connectivity index is 2.30. The van der Waals surface area contributed by atoms with Gasteiger partial charge >= 0.3 is 18.4 Å². The van der Waals surface area contributed by atoms with Gasteiger partial charge in [-0.3, -0.25) is 0 Å². The fraction of sp³-hybridized carbons (Fsp3) is 0.276. The molecule has 9 heteroatoms. The summed E-state index contributed by atoms with van der Waals surface area (Å²) >= 11 is 0. The quantitative estimate of drug-likeness (QED) is 0.126. The van der Waals surface area contributed by atoms with Crippen LogP contribution < -0.4 is 4.74 Å². The molecule has 0 radical (unpaired) electrons. The first-order valence-electron chi connectivity index (χ1n) is 12.4. The zero-order valence-electron chi connectivity index (χ0n) is 21.9. The van der Waals surface area contributed by atoms with Crippen LogP contribution in [0.1, 0.15) is 45.2 Å². The van der Waals surface area contributed by atoms with Crippen LogP contribution in [0.4, 0.5) is 14.4 Å². The van der Waals surface area contributed by atoms with Crippen molar-refractivity contribution in [3.05, 3.63) is 77.1 Å². The van der Waals surface area contributed by atoms with E-state index >= 15 is 0 Å². The summed E-state index contributed by atoms with van der Waals surface area (Å²) in [7, 11) is 0. The van der Waals surface area contributed by atoms with Gasteiger partial charge in [0.15, 0.2) is 0 Å². The molecule has 0 unspecified atom stereocenters.